The van der Waals surface area contributed by atoms with Crippen LogP contribution < -0.4 is 5.09 Å². The van der Waals surface area contributed by atoms with Gasteiger partial charge < -0.3 is 4.52 Å². The van der Waals surface area contributed by atoms with Crippen LogP contribution >= 0.6 is 30.9 Å². The smallest absolute Gasteiger partial charge is 0.306 e. The van der Waals surface area contributed by atoms with Gasteiger partial charge in [-0.2, -0.15) is 0 Å². The van der Waals surface area contributed by atoms with Crippen LogP contribution in [0.3, 0.4) is 0 Å². The fourth-order valence-electron chi connectivity index (χ4n) is 1.83. The van der Waals surface area contributed by atoms with E-state index in [1.54, 1.807) is 4.67 Å². The lowest BCUT2D eigenvalue weighted by molar-refractivity contribution is 0.113. The van der Waals surface area contributed by atoms with E-state index in [0.29, 0.717) is 43.9 Å². The van der Waals surface area contributed by atoms with Crippen molar-refractivity contribution in [2.75, 3.05) is 38.0 Å². The summed E-state index contributed by atoms with van der Waals surface area (Å²) in [6.45, 7) is 8.71. The Balaban J connectivity index is 2.64. The summed E-state index contributed by atoms with van der Waals surface area (Å²) in [5, 5.41) is 3.06. The third kappa shape index (κ3) is 4.36. The fourth-order valence-corrected chi connectivity index (χ4v) is 4.49. The van der Waals surface area contributed by atoms with Gasteiger partial charge in [0.15, 0.2) is 0 Å². The molecule has 0 aromatic heterocycles. The molecule has 108 valence electrons. The van der Waals surface area contributed by atoms with Gasteiger partial charge >= 0.3 is 7.67 Å². The number of nitrogens with zero attached hydrogens (tertiary/aromatic N) is 1. The second-order valence-electron chi connectivity index (χ2n) is 5.57. The van der Waals surface area contributed by atoms with Gasteiger partial charge in [-0.1, -0.05) is 20.8 Å². The zero-order valence-corrected chi connectivity index (χ0v) is 13.7. The number of nitrogens with one attached hydrogen (secondary N) is 1. The molecule has 0 bridgehead atoms. The highest BCUT2D eigenvalue weighted by atomic mass is 35.5. The van der Waals surface area contributed by atoms with Crippen molar-refractivity contribution in [1.29, 1.82) is 0 Å². The fraction of sp³-hybridized carbons (Fsp3) is 1.00. The molecule has 0 radical (unpaired) electrons. The molecule has 0 aromatic rings. The highest BCUT2D eigenvalue weighted by Gasteiger charge is 2.39. The van der Waals surface area contributed by atoms with Crippen molar-refractivity contribution in [3.63, 3.8) is 0 Å². The van der Waals surface area contributed by atoms with E-state index >= 15 is 0 Å². The summed E-state index contributed by atoms with van der Waals surface area (Å²) in [4.78, 5) is 0. The number of alkyl halides is 2. The second-order valence-corrected chi connectivity index (χ2v) is 8.51. The quantitative estimate of drug-likeness (QED) is 0.625. The first-order valence-corrected chi connectivity index (χ1v) is 8.85. The van der Waals surface area contributed by atoms with E-state index in [9.17, 15) is 4.57 Å². The summed E-state index contributed by atoms with van der Waals surface area (Å²) in [5.74, 6) is 1.18. The Morgan fingerprint density at radius 1 is 1.33 bits per heavy atom. The molecule has 0 unspecified atom stereocenters. The number of hydrogen-bond acceptors (Lipinski definition) is 2. The van der Waals surface area contributed by atoms with Gasteiger partial charge in [-0.15, -0.1) is 23.2 Å². The highest BCUT2D eigenvalue weighted by Crippen LogP contribution is 2.50. The van der Waals surface area contributed by atoms with Crippen molar-refractivity contribution in [2.24, 2.45) is 11.3 Å². The maximum absolute atomic E-state index is 12.7. The van der Waals surface area contributed by atoms with Gasteiger partial charge in [-0.25, -0.2) is 9.76 Å². The first-order chi connectivity index (χ1) is 8.33. The minimum atomic E-state index is -2.95. The Labute approximate surface area is 120 Å². The Bertz CT molecular complexity index is 292. The molecule has 0 aromatic carbocycles. The Hall–Kier alpha value is 0.690. The van der Waals surface area contributed by atoms with Gasteiger partial charge in [0.05, 0.1) is 6.61 Å². The zero-order chi connectivity index (χ0) is 13.8. The van der Waals surface area contributed by atoms with E-state index in [4.69, 9.17) is 27.7 Å². The minimum absolute atomic E-state index is 0.141. The molecular weight excluding hydrogens is 294 g/mol. The van der Waals surface area contributed by atoms with Crippen LogP contribution in [0.25, 0.3) is 0 Å². The van der Waals surface area contributed by atoms with Crippen molar-refractivity contribution in [2.45, 2.75) is 20.8 Å². The van der Waals surface area contributed by atoms with Gasteiger partial charge in [-0.3, -0.25) is 4.57 Å². The van der Waals surface area contributed by atoms with Crippen molar-refractivity contribution >= 4 is 30.9 Å². The Morgan fingerprint density at radius 2 is 1.89 bits per heavy atom. The number of hydrogen-bond donors (Lipinski definition) is 1. The average molecular weight is 317 g/mol. The summed E-state index contributed by atoms with van der Waals surface area (Å²) in [5.41, 5.74) is 0.141. The second kappa shape index (κ2) is 6.92. The summed E-state index contributed by atoms with van der Waals surface area (Å²) in [6, 6.07) is 0. The maximum atomic E-state index is 12.7. The molecule has 0 saturated carbocycles. The minimum Gasteiger partial charge on any atom is -0.306 e. The van der Waals surface area contributed by atoms with Gasteiger partial charge in [-0.05, 0) is 5.41 Å². The van der Waals surface area contributed by atoms with Crippen LogP contribution in [0.2, 0.25) is 0 Å². The predicted molar refractivity (Wildman–Crippen MR) is 77.5 cm³/mol. The molecule has 0 amide bonds. The Morgan fingerprint density at radius 3 is 2.22 bits per heavy atom. The molecule has 1 fully saturated rings. The molecule has 1 rings (SSSR count). The molecular formula is C11H23Cl2N2O2P. The Kier molecular flexibility index (Phi) is 6.43. The SMILES string of the molecule is CC(C)(C)[C@@H]1CN[P@@](=O)(N(CCCl)CCCl)OC1. The van der Waals surface area contributed by atoms with E-state index in [2.05, 4.69) is 25.9 Å². The van der Waals surface area contributed by atoms with Crippen LogP contribution in [0.15, 0.2) is 0 Å². The lowest BCUT2D eigenvalue weighted by Crippen LogP contribution is -2.43. The van der Waals surface area contributed by atoms with Crippen molar-refractivity contribution in [1.82, 2.24) is 9.76 Å². The van der Waals surface area contributed by atoms with E-state index in [1.165, 1.54) is 0 Å². The maximum Gasteiger partial charge on any atom is 0.343 e. The van der Waals surface area contributed by atoms with Crippen LogP contribution in [0, 0.1) is 11.3 Å². The van der Waals surface area contributed by atoms with Crippen LogP contribution in [-0.2, 0) is 9.09 Å². The molecule has 0 aliphatic carbocycles. The number of halogens is 2. The highest BCUT2D eigenvalue weighted by molar-refractivity contribution is 7.54. The van der Waals surface area contributed by atoms with Gasteiger partial charge in [0.1, 0.15) is 0 Å². The van der Waals surface area contributed by atoms with Crippen LogP contribution in [0.1, 0.15) is 20.8 Å². The first-order valence-electron chi connectivity index (χ1n) is 6.20. The molecule has 1 heterocycles. The summed E-state index contributed by atoms with van der Waals surface area (Å²) < 4.78 is 20.0. The van der Waals surface area contributed by atoms with Crippen molar-refractivity contribution < 1.29 is 9.09 Å². The van der Waals surface area contributed by atoms with Gasteiger partial charge in [0.25, 0.3) is 0 Å². The lowest BCUT2D eigenvalue weighted by atomic mass is 9.81. The summed E-state index contributed by atoms with van der Waals surface area (Å²) in [7, 11) is -2.95. The molecule has 4 nitrogen and oxygen atoms in total. The summed E-state index contributed by atoms with van der Waals surface area (Å²) >= 11 is 11.5. The molecule has 0 spiro atoms. The lowest BCUT2D eigenvalue weighted by Gasteiger charge is -2.40. The molecule has 2 atom stereocenters. The number of rotatable bonds is 5. The van der Waals surface area contributed by atoms with E-state index in [0.717, 1.165) is 0 Å². The normalized spacial score (nSPS) is 29.8. The third-order valence-corrected chi connectivity index (χ3v) is 5.83. The van der Waals surface area contributed by atoms with Crippen molar-refractivity contribution in [3.05, 3.63) is 0 Å². The van der Waals surface area contributed by atoms with Crippen molar-refractivity contribution in [3.8, 4) is 0 Å². The largest absolute Gasteiger partial charge is 0.343 e. The summed E-state index contributed by atoms with van der Waals surface area (Å²) in [6.07, 6.45) is 0. The molecule has 1 aliphatic heterocycles. The van der Waals surface area contributed by atoms with Gasteiger partial charge in [0, 0.05) is 37.3 Å². The van der Waals surface area contributed by atoms with Crippen LogP contribution in [-0.4, -0.2) is 42.7 Å². The molecule has 1 aliphatic rings. The topological polar surface area (TPSA) is 41.6 Å². The van der Waals surface area contributed by atoms with Crippen LogP contribution in [0.4, 0.5) is 0 Å². The van der Waals surface area contributed by atoms with E-state index in [-0.39, 0.29) is 5.41 Å². The van der Waals surface area contributed by atoms with Gasteiger partial charge in [0.2, 0.25) is 0 Å². The first kappa shape index (κ1) is 16.7. The standard InChI is InChI=1S/C11H23Cl2N2O2P/c1-11(2,3)10-8-14-18(16,17-9-10)15(6-4-12)7-5-13/h10H,4-9H2,1-3H3,(H,14,16)/t10-,18+/m1/s1. The molecule has 7 heteroatoms. The predicted octanol–water partition coefficient (Wildman–Crippen LogP) is 3.16. The third-order valence-electron chi connectivity index (χ3n) is 3.27. The van der Waals surface area contributed by atoms with E-state index < -0.39 is 7.67 Å². The zero-order valence-electron chi connectivity index (χ0n) is 11.3. The molecule has 18 heavy (non-hydrogen) atoms. The average Bonchev–Trinajstić information content (AvgIpc) is 2.28. The van der Waals surface area contributed by atoms with E-state index in [1.807, 2.05) is 0 Å². The molecule has 1 saturated heterocycles. The monoisotopic (exact) mass is 316 g/mol. The van der Waals surface area contributed by atoms with Crippen LogP contribution in [0.5, 0.6) is 0 Å². The molecule has 1 N–H and O–H groups in total.